The molecule has 0 unspecified atom stereocenters. The minimum absolute atomic E-state index is 0.0808. The van der Waals surface area contributed by atoms with Gasteiger partial charge < -0.3 is 15.4 Å². The Bertz CT molecular complexity index is 570. The third kappa shape index (κ3) is 6.77. The highest BCUT2D eigenvalue weighted by Crippen LogP contribution is 2.10. The van der Waals surface area contributed by atoms with Gasteiger partial charge in [0.15, 0.2) is 5.96 Å². The van der Waals surface area contributed by atoms with Crippen LogP contribution in [0.15, 0.2) is 29.3 Å². The van der Waals surface area contributed by atoms with Crippen molar-refractivity contribution in [2.45, 2.75) is 13.5 Å². The lowest BCUT2D eigenvalue weighted by Gasteiger charge is -2.12. The van der Waals surface area contributed by atoms with E-state index < -0.39 is 10.0 Å². The zero-order valence-corrected chi connectivity index (χ0v) is 14.0. The molecule has 22 heavy (non-hydrogen) atoms. The summed E-state index contributed by atoms with van der Waals surface area (Å²) in [4.78, 5) is 4.08. The Hall–Kier alpha value is -1.80. The Morgan fingerprint density at radius 1 is 1.18 bits per heavy atom. The molecule has 1 aromatic carbocycles. The fourth-order valence-corrected chi connectivity index (χ4v) is 2.26. The van der Waals surface area contributed by atoms with Crippen LogP contribution in [0.2, 0.25) is 0 Å². The SMILES string of the molecule is CCS(=O)(=O)NCCNC(=NC)NCc1ccc(OC)cc1. The Kier molecular flexibility index (Phi) is 7.69. The highest BCUT2D eigenvalue weighted by Gasteiger charge is 2.05. The molecule has 1 rings (SSSR count). The zero-order valence-electron chi connectivity index (χ0n) is 13.2. The van der Waals surface area contributed by atoms with E-state index in [1.54, 1.807) is 21.1 Å². The quantitative estimate of drug-likeness (QED) is 0.363. The third-order valence-corrected chi connectivity index (χ3v) is 4.37. The lowest BCUT2D eigenvalue weighted by molar-refractivity contribution is 0.414. The molecular weight excluding hydrogens is 304 g/mol. The predicted molar refractivity (Wildman–Crippen MR) is 88.7 cm³/mol. The first-order chi connectivity index (χ1) is 10.5. The Morgan fingerprint density at radius 2 is 1.86 bits per heavy atom. The first-order valence-electron chi connectivity index (χ1n) is 7.05. The number of sulfonamides is 1. The van der Waals surface area contributed by atoms with E-state index in [1.165, 1.54) is 0 Å². The molecule has 0 heterocycles. The van der Waals surface area contributed by atoms with E-state index in [9.17, 15) is 8.42 Å². The molecule has 0 fully saturated rings. The van der Waals surface area contributed by atoms with Crippen molar-refractivity contribution in [2.75, 3.05) is 33.0 Å². The average molecular weight is 328 g/mol. The number of benzene rings is 1. The zero-order chi connectivity index (χ0) is 16.4. The fourth-order valence-electron chi connectivity index (χ4n) is 1.64. The smallest absolute Gasteiger partial charge is 0.211 e. The predicted octanol–water partition coefficient (Wildman–Crippen LogP) is 0.300. The van der Waals surface area contributed by atoms with Crippen molar-refractivity contribution in [2.24, 2.45) is 4.99 Å². The van der Waals surface area contributed by atoms with Crippen LogP contribution in [0.5, 0.6) is 5.75 Å². The number of ether oxygens (including phenoxy) is 1. The van der Waals surface area contributed by atoms with Crippen LogP contribution in [0.4, 0.5) is 0 Å². The molecule has 7 nitrogen and oxygen atoms in total. The van der Waals surface area contributed by atoms with Gasteiger partial charge in [-0.25, -0.2) is 13.1 Å². The number of guanidine groups is 1. The number of hydrogen-bond acceptors (Lipinski definition) is 4. The molecule has 0 amide bonds. The van der Waals surface area contributed by atoms with E-state index in [-0.39, 0.29) is 5.75 Å². The van der Waals surface area contributed by atoms with Crippen molar-refractivity contribution in [3.05, 3.63) is 29.8 Å². The summed E-state index contributed by atoms with van der Waals surface area (Å²) >= 11 is 0. The molecule has 0 aliphatic heterocycles. The second-order valence-corrected chi connectivity index (χ2v) is 6.59. The normalized spacial score (nSPS) is 12.0. The topological polar surface area (TPSA) is 91.8 Å². The number of rotatable bonds is 8. The van der Waals surface area contributed by atoms with Gasteiger partial charge in [-0.3, -0.25) is 4.99 Å². The third-order valence-electron chi connectivity index (χ3n) is 2.96. The largest absolute Gasteiger partial charge is 0.497 e. The minimum Gasteiger partial charge on any atom is -0.497 e. The molecule has 8 heteroatoms. The van der Waals surface area contributed by atoms with E-state index >= 15 is 0 Å². The van der Waals surface area contributed by atoms with Crippen molar-refractivity contribution in [3.63, 3.8) is 0 Å². The maximum Gasteiger partial charge on any atom is 0.211 e. The first kappa shape index (κ1) is 18.2. The summed E-state index contributed by atoms with van der Waals surface area (Å²) in [6.45, 7) is 3.00. The van der Waals surface area contributed by atoms with Crippen LogP contribution in [0.1, 0.15) is 12.5 Å². The summed E-state index contributed by atoms with van der Waals surface area (Å²) in [5.74, 6) is 1.51. The number of nitrogens with one attached hydrogen (secondary N) is 3. The number of hydrogen-bond donors (Lipinski definition) is 3. The molecule has 3 N–H and O–H groups in total. The van der Waals surface area contributed by atoms with Crippen LogP contribution >= 0.6 is 0 Å². The van der Waals surface area contributed by atoms with Gasteiger partial charge >= 0.3 is 0 Å². The van der Waals surface area contributed by atoms with Crippen molar-refractivity contribution >= 4 is 16.0 Å². The standard InChI is InChI=1S/C14H24N4O3S/c1-4-22(19,20)18-10-9-16-14(15-2)17-11-12-5-7-13(21-3)8-6-12/h5-8,18H,4,9-11H2,1-3H3,(H2,15,16,17). The fraction of sp³-hybridized carbons (Fsp3) is 0.500. The van der Waals surface area contributed by atoms with Gasteiger partial charge in [-0.2, -0.15) is 0 Å². The highest BCUT2D eigenvalue weighted by molar-refractivity contribution is 7.89. The molecule has 0 aromatic heterocycles. The lowest BCUT2D eigenvalue weighted by Crippen LogP contribution is -2.41. The van der Waals surface area contributed by atoms with Crippen molar-refractivity contribution < 1.29 is 13.2 Å². The molecule has 0 saturated heterocycles. The van der Waals surface area contributed by atoms with E-state index in [2.05, 4.69) is 20.3 Å². The van der Waals surface area contributed by atoms with E-state index in [0.717, 1.165) is 11.3 Å². The van der Waals surface area contributed by atoms with E-state index in [4.69, 9.17) is 4.74 Å². The maximum atomic E-state index is 11.3. The summed E-state index contributed by atoms with van der Waals surface area (Å²) in [5, 5.41) is 6.20. The molecule has 0 spiro atoms. The lowest BCUT2D eigenvalue weighted by atomic mass is 10.2. The number of nitrogens with zero attached hydrogens (tertiary/aromatic N) is 1. The summed E-state index contributed by atoms with van der Waals surface area (Å²) in [7, 11) is 0.149. The monoisotopic (exact) mass is 328 g/mol. The van der Waals surface area contributed by atoms with Crippen molar-refractivity contribution in [3.8, 4) is 5.75 Å². The van der Waals surface area contributed by atoms with Gasteiger partial charge in [0.2, 0.25) is 10.0 Å². The maximum absolute atomic E-state index is 11.3. The molecule has 0 aliphatic rings. The van der Waals surface area contributed by atoms with Crippen LogP contribution in [0, 0.1) is 0 Å². The molecule has 0 radical (unpaired) electrons. The van der Waals surface area contributed by atoms with E-state index in [0.29, 0.717) is 25.6 Å². The Balaban J connectivity index is 2.33. The number of aliphatic imine (C=N–C) groups is 1. The van der Waals surface area contributed by atoms with Gasteiger partial charge in [0.25, 0.3) is 0 Å². The highest BCUT2D eigenvalue weighted by atomic mass is 32.2. The van der Waals surface area contributed by atoms with Gasteiger partial charge in [-0.15, -0.1) is 0 Å². The first-order valence-corrected chi connectivity index (χ1v) is 8.70. The van der Waals surface area contributed by atoms with Crippen LogP contribution in [-0.4, -0.2) is 47.4 Å². The summed E-state index contributed by atoms with van der Waals surface area (Å²) in [6, 6.07) is 7.72. The Labute approximate surface area is 132 Å². The second kappa shape index (κ2) is 9.26. The van der Waals surface area contributed by atoms with Crippen molar-refractivity contribution in [1.29, 1.82) is 0 Å². The molecule has 0 atom stereocenters. The average Bonchev–Trinajstić information content (AvgIpc) is 2.54. The molecule has 1 aromatic rings. The molecule has 0 aliphatic carbocycles. The molecule has 0 bridgehead atoms. The van der Waals surface area contributed by atoms with Gasteiger partial charge in [0.1, 0.15) is 5.75 Å². The van der Waals surface area contributed by atoms with Gasteiger partial charge in [-0.1, -0.05) is 12.1 Å². The van der Waals surface area contributed by atoms with Crippen LogP contribution in [0.25, 0.3) is 0 Å². The summed E-state index contributed by atoms with van der Waals surface area (Å²) < 4.78 is 30.2. The second-order valence-electron chi connectivity index (χ2n) is 4.50. The van der Waals surface area contributed by atoms with Crippen LogP contribution in [0.3, 0.4) is 0 Å². The van der Waals surface area contributed by atoms with Crippen LogP contribution < -0.4 is 20.1 Å². The molecule has 0 saturated carbocycles. The Morgan fingerprint density at radius 3 is 2.41 bits per heavy atom. The van der Waals surface area contributed by atoms with Gasteiger partial charge in [0, 0.05) is 26.7 Å². The molecular formula is C14H24N4O3S. The van der Waals surface area contributed by atoms with E-state index in [1.807, 2.05) is 24.3 Å². The van der Waals surface area contributed by atoms with Gasteiger partial charge in [0.05, 0.1) is 12.9 Å². The van der Waals surface area contributed by atoms with Crippen molar-refractivity contribution in [1.82, 2.24) is 15.4 Å². The van der Waals surface area contributed by atoms with Crippen LogP contribution in [-0.2, 0) is 16.6 Å². The van der Waals surface area contributed by atoms with Gasteiger partial charge in [-0.05, 0) is 24.6 Å². The number of methoxy groups -OCH3 is 1. The molecule has 124 valence electrons. The summed E-state index contributed by atoms with van der Waals surface area (Å²) in [5.41, 5.74) is 1.09. The summed E-state index contributed by atoms with van der Waals surface area (Å²) in [6.07, 6.45) is 0. The minimum atomic E-state index is -3.15.